The van der Waals surface area contributed by atoms with Gasteiger partial charge >= 0.3 is 0 Å². The van der Waals surface area contributed by atoms with Crippen molar-refractivity contribution in [1.82, 2.24) is 34.2 Å². The number of fused-ring (bicyclic) bond motifs is 1. The summed E-state index contributed by atoms with van der Waals surface area (Å²) in [5.41, 5.74) is 1.84. The van der Waals surface area contributed by atoms with Crippen molar-refractivity contribution in [3.63, 3.8) is 0 Å². The number of aryl methyl sites for hydroxylation is 1. The van der Waals surface area contributed by atoms with Crippen LogP contribution in [0.15, 0.2) is 55.2 Å². The predicted octanol–water partition coefficient (Wildman–Crippen LogP) is 1.87. The van der Waals surface area contributed by atoms with Crippen molar-refractivity contribution in [2.45, 2.75) is 6.54 Å². The summed E-state index contributed by atoms with van der Waals surface area (Å²) in [5, 5.41) is 5.55. The number of aromatic nitrogens is 6. The summed E-state index contributed by atoms with van der Waals surface area (Å²) in [6.07, 6.45) is 7.36. The SMILES string of the molecule is Cn1ccnc1CN1CCN(c2ncnc3c2cnn3-c2ccccc2)CC1. The number of piperazine rings is 1. The molecule has 0 unspecified atom stereocenters. The van der Waals surface area contributed by atoms with Gasteiger partial charge in [-0.25, -0.2) is 19.6 Å². The standard InChI is InChI=1S/C20H22N8/c1-25-8-7-21-18(25)14-26-9-11-27(12-10-26)19-17-13-24-28(20(17)23-15-22-19)16-5-3-2-4-6-16/h2-8,13,15H,9-12,14H2,1H3. The second kappa shape index (κ2) is 7.05. The van der Waals surface area contributed by atoms with E-state index in [-0.39, 0.29) is 0 Å². The average Bonchev–Trinajstić information content (AvgIpc) is 3.35. The summed E-state index contributed by atoms with van der Waals surface area (Å²) in [5.74, 6) is 2.06. The number of rotatable bonds is 4. The van der Waals surface area contributed by atoms with E-state index in [4.69, 9.17) is 0 Å². The molecule has 0 saturated carbocycles. The van der Waals surface area contributed by atoms with Crippen molar-refractivity contribution in [3.8, 4) is 5.69 Å². The lowest BCUT2D eigenvalue weighted by Crippen LogP contribution is -2.46. The van der Waals surface area contributed by atoms with Gasteiger partial charge in [-0.1, -0.05) is 18.2 Å². The fourth-order valence-corrected chi connectivity index (χ4v) is 3.71. The van der Waals surface area contributed by atoms with Crippen LogP contribution in [0, 0.1) is 0 Å². The molecule has 28 heavy (non-hydrogen) atoms. The number of hydrogen-bond acceptors (Lipinski definition) is 6. The van der Waals surface area contributed by atoms with E-state index in [1.165, 1.54) is 0 Å². The van der Waals surface area contributed by atoms with E-state index < -0.39 is 0 Å². The van der Waals surface area contributed by atoms with Crippen LogP contribution in [0.4, 0.5) is 5.82 Å². The molecule has 142 valence electrons. The summed E-state index contributed by atoms with van der Waals surface area (Å²) >= 11 is 0. The van der Waals surface area contributed by atoms with Gasteiger partial charge in [0.2, 0.25) is 0 Å². The molecule has 1 fully saturated rings. The van der Waals surface area contributed by atoms with Gasteiger partial charge in [-0.05, 0) is 12.1 Å². The molecule has 0 aliphatic carbocycles. The summed E-state index contributed by atoms with van der Waals surface area (Å²) in [6, 6.07) is 10.1. The highest BCUT2D eigenvalue weighted by atomic mass is 15.3. The van der Waals surface area contributed by atoms with Gasteiger partial charge in [0, 0.05) is 45.6 Å². The van der Waals surface area contributed by atoms with Crippen molar-refractivity contribution in [2.75, 3.05) is 31.1 Å². The first kappa shape index (κ1) is 16.9. The third kappa shape index (κ3) is 3.01. The maximum Gasteiger partial charge on any atom is 0.168 e. The molecular weight excluding hydrogens is 352 g/mol. The van der Waals surface area contributed by atoms with Gasteiger partial charge < -0.3 is 9.47 Å². The molecule has 5 rings (SSSR count). The van der Waals surface area contributed by atoms with Crippen LogP contribution >= 0.6 is 0 Å². The second-order valence-corrected chi connectivity index (χ2v) is 7.04. The molecule has 0 N–H and O–H groups in total. The maximum absolute atomic E-state index is 4.58. The van der Waals surface area contributed by atoms with Crippen LogP contribution in [0.25, 0.3) is 16.7 Å². The Morgan fingerprint density at radius 3 is 2.54 bits per heavy atom. The smallest absolute Gasteiger partial charge is 0.168 e. The van der Waals surface area contributed by atoms with Crippen molar-refractivity contribution >= 4 is 16.9 Å². The summed E-state index contributed by atoms with van der Waals surface area (Å²) in [6.45, 7) is 4.68. The number of para-hydroxylation sites is 1. The first-order valence-electron chi connectivity index (χ1n) is 9.47. The Kier molecular flexibility index (Phi) is 4.25. The number of hydrogen-bond donors (Lipinski definition) is 0. The Hall–Kier alpha value is -3.26. The zero-order valence-corrected chi connectivity index (χ0v) is 15.8. The van der Waals surface area contributed by atoms with Gasteiger partial charge in [0.25, 0.3) is 0 Å². The first-order chi connectivity index (χ1) is 13.8. The average molecular weight is 374 g/mol. The third-order valence-electron chi connectivity index (χ3n) is 5.30. The van der Waals surface area contributed by atoms with E-state index in [1.807, 2.05) is 60.7 Å². The predicted molar refractivity (Wildman–Crippen MR) is 107 cm³/mol. The van der Waals surface area contributed by atoms with Crippen LogP contribution in [0.2, 0.25) is 0 Å². The highest BCUT2D eigenvalue weighted by molar-refractivity contribution is 5.87. The molecule has 0 spiro atoms. The minimum atomic E-state index is 0.839. The van der Waals surface area contributed by atoms with Crippen molar-refractivity contribution < 1.29 is 0 Å². The zero-order chi connectivity index (χ0) is 18.9. The van der Waals surface area contributed by atoms with Gasteiger partial charge in [-0.3, -0.25) is 4.90 Å². The Morgan fingerprint density at radius 2 is 1.79 bits per heavy atom. The fourth-order valence-electron chi connectivity index (χ4n) is 3.71. The van der Waals surface area contributed by atoms with Gasteiger partial charge in [-0.15, -0.1) is 0 Å². The normalized spacial score (nSPS) is 15.4. The quantitative estimate of drug-likeness (QED) is 0.543. The summed E-state index contributed by atoms with van der Waals surface area (Å²) in [7, 11) is 2.04. The van der Waals surface area contributed by atoms with E-state index >= 15 is 0 Å². The molecule has 8 heteroatoms. The van der Waals surface area contributed by atoms with Crippen molar-refractivity contribution in [1.29, 1.82) is 0 Å². The molecule has 8 nitrogen and oxygen atoms in total. The lowest BCUT2D eigenvalue weighted by atomic mass is 10.2. The van der Waals surface area contributed by atoms with Crippen molar-refractivity contribution in [3.05, 3.63) is 61.1 Å². The topological polar surface area (TPSA) is 67.9 Å². The first-order valence-corrected chi connectivity index (χ1v) is 9.47. The Labute approximate surface area is 163 Å². The summed E-state index contributed by atoms with van der Waals surface area (Å²) < 4.78 is 3.95. The molecule has 4 heterocycles. The monoisotopic (exact) mass is 374 g/mol. The van der Waals surface area contributed by atoms with Crippen LogP contribution in [0.5, 0.6) is 0 Å². The van der Waals surface area contributed by atoms with Crippen LogP contribution in [-0.4, -0.2) is 60.4 Å². The van der Waals surface area contributed by atoms with Gasteiger partial charge in [0.1, 0.15) is 18.0 Å². The van der Waals surface area contributed by atoms with Gasteiger partial charge in [-0.2, -0.15) is 5.10 Å². The number of nitrogens with zero attached hydrogens (tertiary/aromatic N) is 8. The van der Waals surface area contributed by atoms with Crippen LogP contribution < -0.4 is 4.90 Å². The van der Waals surface area contributed by atoms with Gasteiger partial charge in [0.15, 0.2) is 5.65 Å². The Balaban J connectivity index is 1.36. The minimum Gasteiger partial charge on any atom is -0.353 e. The van der Waals surface area contributed by atoms with E-state index in [1.54, 1.807) is 6.33 Å². The van der Waals surface area contributed by atoms with Crippen molar-refractivity contribution in [2.24, 2.45) is 7.05 Å². The molecule has 4 aromatic rings. The van der Waals surface area contributed by atoms with E-state index in [2.05, 4.69) is 34.4 Å². The lowest BCUT2D eigenvalue weighted by Gasteiger charge is -2.35. The van der Waals surface area contributed by atoms with Crippen LogP contribution in [0.3, 0.4) is 0 Å². The highest BCUT2D eigenvalue weighted by Gasteiger charge is 2.22. The van der Waals surface area contributed by atoms with Gasteiger partial charge in [0.05, 0.1) is 23.8 Å². The highest BCUT2D eigenvalue weighted by Crippen LogP contribution is 2.25. The molecule has 0 bridgehead atoms. The van der Waals surface area contributed by atoms with E-state index in [9.17, 15) is 0 Å². The van der Waals surface area contributed by atoms with Crippen LogP contribution in [-0.2, 0) is 13.6 Å². The largest absolute Gasteiger partial charge is 0.353 e. The minimum absolute atomic E-state index is 0.839. The molecule has 0 atom stereocenters. The molecule has 0 radical (unpaired) electrons. The molecule has 3 aromatic heterocycles. The second-order valence-electron chi connectivity index (χ2n) is 7.04. The summed E-state index contributed by atoms with van der Waals surface area (Å²) in [4.78, 5) is 18.3. The third-order valence-corrected chi connectivity index (χ3v) is 5.30. The van der Waals surface area contributed by atoms with E-state index in [0.29, 0.717) is 0 Å². The molecule has 1 aliphatic rings. The zero-order valence-electron chi connectivity index (χ0n) is 15.8. The Morgan fingerprint density at radius 1 is 0.964 bits per heavy atom. The number of benzene rings is 1. The number of anilines is 1. The molecule has 1 aliphatic heterocycles. The Bertz CT molecular complexity index is 1080. The molecular formula is C20H22N8. The number of imidazole rings is 1. The maximum atomic E-state index is 4.58. The molecule has 1 saturated heterocycles. The molecule has 1 aromatic carbocycles. The molecule has 0 amide bonds. The lowest BCUT2D eigenvalue weighted by molar-refractivity contribution is 0.241. The fraction of sp³-hybridized carbons (Fsp3) is 0.300. The van der Waals surface area contributed by atoms with E-state index in [0.717, 1.165) is 61.1 Å². The van der Waals surface area contributed by atoms with Crippen LogP contribution in [0.1, 0.15) is 5.82 Å².